The molecule has 0 saturated carbocycles. The molecule has 2 rings (SSSR count). The molecule has 1 aliphatic carbocycles. The highest BCUT2D eigenvalue weighted by atomic mass is 16.3. The first kappa shape index (κ1) is 12.1. The van der Waals surface area contributed by atoms with Gasteiger partial charge in [-0.05, 0) is 30.4 Å². The maximum absolute atomic E-state index is 12.0. The van der Waals surface area contributed by atoms with Crippen LogP contribution in [0, 0.1) is 0 Å². The molecule has 1 aromatic carbocycles. The highest BCUT2D eigenvalue weighted by Crippen LogP contribution is 2.34. The van der Waals surface area contributed by atoms with Gasteiger partial charge in [-0.15, -0.1) is 0 Å². The third kappa shape index (κ3) is 2.50. The van der Waals surface area contributed by atoms with E-state index in [4.69, 9.17) is 5.11 Å². The van der Waals surface area contributed by atoms with E-state index in [2.05, 4.69) is 11.4 Å². The standard InChI is InChI=1S/C14H19NO2/c1-2-11(7-8-16)15-14(17)13-9-10-5-3-4-6-12(10)13/h3-6,11,13,16H,2,7-9H2,1H3,(H,15,17). The molecule has 92 valence electrons. The van der Waals surface area contributed by atoms with Gasteiger partial charge < -0.3 is 10.4 Å². The van der Waals surface area contributed by atoms with E-state index in [0.717, 1.165) is 18.4 Å². The minimum atomic E-state index is 0.0129. The summed E-state index contributed by atoms with van der Waals surface area (Å²) in [5.41, 5.74) is 2.44. The summed E-state index contributed by atoms with van der Waals surface area (Å²) in [6, 6.07) is 8.18. The van der Waals surface area contributed by atoms with Crippen LogP contribution in [0.15, 0.2) is 24.3 Å². The molecular formula is C14H19NO2. The molecule has 2 atom stereocenters. The highest BCUT2D eigenvalue weighted by Gasteiger charge is 2.32. The molecule has 3 nitrogen and oxygen atoms in total. The van der Waals surface area contributed by atoms with Crippen LogP contribution < -0.4 is 5.32 Å². The smallest absolute Gasteiger partial charge is 0.228 e. The van der Waals surface area contributed by atoms with Gasteiger partial charge in [0.15, 0.2) is 0 Å². The number of carbonyl (C=O) groups excluding carboxylic acids is 1. The molecule has 0 fully saturated rings. The monoisotopic (exact) mass is 233 g/mol. The van der Waals surface area contributed by atoms with Crippen molar-refractivity contribution in [3.63, 3.8) is 0 Å². The maximum Gasteiger partial charge on any atom is 0.228 e. The average Bonchev–Trinajstić information content (AvgIpc) is 2.30. The third-order valence-electron chi connectivity index (χ3n) is 3.49. The Hall–Kier alpha value is -1.35. The quantitative estimate of drug-likeness (QED) is 0.811. The SMILES string of the molecule is CCC(CCO)NC(=O)C1Cc2ccccc21. The first-order valence-electron chi connectivity index (χ1n) is 6.25. The van der Waals surface area contributed by atoms with Crippen molar-refractivity contribution in [3.8, 4) is 0 Å². The number of nitrogens with one attached hydrogen (secondary N) is 1. The predicted molar refractivity (Wildman–Crippen MR) is 66.8 cm³/mol. The Kier molecular flexibility index (Phi) is 3.79. The third-order valence-corrected chi connectivity index (χ3v) is 3.49. The van der Waals surface area contributed by atoms with E-state index < -0.39 is 0 Å². The van der Waals surface area contributed by atoms with E-state index in [1.54, 1.807) is 0 Å². The second kappa shape index (κ2) is 5.32. The molecule has 0 saturated heterocycles. The first-order chi connectivity index (χ1) is 8.26. The number of amides is 1. The summed E-state index contributed by atoms with van der Waals surface area (Å²) < 4.78 is 0. The van der Waals surface area contributed by atoms with E-state index in [-0.39, 0.29) is 24.5 Å². The summed E-state index contributed by atoms with van der Waals surface area (Å²) in [6.45, 7) is 2.15. The Balaban J connectivity index is 1.95. The van der Waals surface area contributed by atoms with Crippen LogP contribution in [-0.2, 0) is 11.2 Å². The molecule has 2 N–H and O–H groups in total. The summed E-state index contributed by atoms with van der Waals surface area (Å²) in [5, 5.41) is 11.9. The fourth-order valence-electron chi connectivity index (χ4n) is 2.33. The van der Waals surface area contributed by atoms with Crippen LogP contribution in [0.5, 0.6) is 0 Å². The van der Waals surface area contributed by atoms with Crippen molar-refractivity contribution in [2.45, 2.75) is 38.1 Å². The average molecular weight is 233 g/mol. The maximum atomic E-state index is 12.0. The zero-order valence-corrected chi connectivity index (χ0v) is 10.1. The zero-order chi connectivity index (χ0) is 12.3. The molecule has 1 aliphatic rings. The number of hydrogen-bond donors (Lipinski definition) is 2. The Morgan fingerprint density at radius 2 is 2.29 bits per heavy atom. The van der Waals surface area contributed by atoms with E-state index in [1.807, 2.05) is 25.1 Å². The molecule has 0 heterocycles. The number of aliphatic hydroxyl groups excluding tert-OH is 1. The molecule has 1 amide bonds. The highest BCUT2D eigenvalue weighted by molar-refractivity contribution is 5.87. The largest absolute Gasteiger partial charge is 0.396 e. The number of aliphatic hydroxyl groups is 1. The van der Waals surface area contributed by atoms with Crippen LogP contribution in [-0.4, -0.2) is 23.7 Å². The normalized spacial score (nSPS) is 19.1. The molecule has 0 spiro atoms. The van der Waals surface area contributed by atoms with Crippen LogP contribution in [0.25, 0.3) is 0 Å². The number of rotatable bonds is 5. The number of benzene rings is 1. The van der Waals surface area contributed by atoms with Gasteiger partial charge in [0.05, 0.1) is 5.92 Å². The lowest BCUT2D eigenvalue weighted by molar-refractivity contribution is -0.123. The molecule has 0 aromatic heterocycles. The van der Waals surface area contributed by atoms with Gasteiger partial charge in [-0.2, -0.15) is 0 Å². The summed E-state index contributed by atoms with van der Waals surface area (Å²) in [7, 11) is 0. The Morgan fingerprint density at radius 3 is 2.94 bits per heavy atom. The molecule has 17 heavy (non-hydrogen) atoms. The summed E-state index contributed by atoms with van der Waals surface area (Å²) in [6.07, 6.45) is 2.34. The molecular weight excluding hydrogens is 214 g/mol. The van der Waals surface area contributed by atoms with Crippen LogP contribution >= 0.6 is 0 Å². The van der Waals surface area contributed by atoms with Gasteiger partial charge in [-0.25, -0.2) is 0 Å². The molecule has 1 aromatic rings. The van der Waals surface area contributed by atoms with Gasteiger partial charge in [0, 0.05) is 12.6 Å². The topological polar surface area (TPSA) is 49.3 Å². The lowest BCUT2D eigenvalue weighted by atomic mass is 9.77. The van der Waals surface area contributed by atoms with Gasteiger partial charge >= 0.3 is 0 Å². The summed E-state index contributed by atoms with van der Waals surface area (Å²) >= 11 is 0. The molecule has 0 bridgehead atoms. The molecule has 3 heteroatoms. The number of fused-ring (bicyclic) bond motifs is 1. The van der Waals surface area contributed by atoms with Crippen LogP contribution in [0.3, 0.4) is 0 Å². The molecule has 2 unspecified atom stereocenters. The Morgan fingerprint density at radius 1 is 1.53 bits per heavy atom. The van der Waals surface area contributed by atoms with Crippen molar-refractivity contribution < 1.29 is 9.90 Å². The van der Waals surface area contributed by atoms with E-state index in [0.29, 0.717) is 6.42 Å². The van der Waals surface area contributed by atoms with E-state index in [1.165, 1.54) is 5.56 Å². The number of hydrogen-bond acceptors (Lipinski definition) is 2. The van der Waals surface area contributed by atoms with E-state index in [9.17, 15) is 4.79 Å². The van der Waals surface area contributed by atoms with Crippen LogP contribution in [0.2, 0.25) is 0 Å². The number of carbonyl (C=O) groups is 1. The minimum Gasteiger partial charge on any atom is -0.396 e. The molecule has 0 radical (unpaired) electrons. The molecule has 0 aliphatic heterocycles. The lowest BCUT2D eigenvalue weighted by Crippen LogP contribution is -2.41. The Labute approximate surface area is 102 Å². The summed E-state index contributed by atoms with van der Waals surface area (Å²) in [5.74, 6) is 0.114. The van der Waals surface area contributed by atoms with Crippen molar-refractivity contribution in [2.75, 3.05) is 6.61 Å². The van der Waals surface area contributed by atoms with Gasteiger partial charge in [0.1, 0.15) is 0 Å². The van der Waals surface area contributed by atoms with Crippen LogP contribution in [0.1, 0.15) is 36.8 Å². The lowest BCUT2D eigenvalue weighted by Gasteiger charge is -2.30. The van der Waals surface area contributed by atoms with Crippen molar-refractivity contribution in [2.24, 2.45) is 0 Å². The second-order valence-corrected chi connectivity index (χ2v) is 4.58. The summed E-state index contributed by atoms with van der Waals surface area (Å²) in [4.78, 5) is 12.0. The van der Waals surface area contributed by atoms with E-state index >= 15 is 0 Å². The van der Waals surface area contributed by atoms with Crippen molar-refractivity contribution in [1.29, 1.82) is 0 Å². The minimum absolute atomic E-state index is 0.0129. The van der Waals surface area contributed by atoms with Gasteiger partial charge in [0.25, 0.3) is 0 Å². The fraction of sp³-hybridized carbons (Fsp3) is 0.500. The fourth-order valence-corrected chi connectivity index (χ4v) is 2.33. The Bertz CT molecular complexity index is 403. The van der Waals surface area contributed by atoms with Crippen molar-refractivity contribution >= 4 is 5.91 Å². The van der Waals surface area contributed by atoms with Crippen molar-refractivity contribution in [3.05, 3.63) is 35.4 Å². The zero-order valence-electron chi connectivity index (χ0n) is 10.1. The second-order valence-electron chi connectivity index (χ2n) is 4.58. The first-order valence-corrected chi connectivity index (χ1v) is 6.25. The van der Waals surface area contributed by atoms with Crippen LogP contribution in [0.4, 0.5) is 0 Å². The van der Waals surface area contributed by atoms with Crippen molar-refractivity contribution in [1.82, 2.24) is 5.32 Å². The van der Waals surface area contributed by atoms with Gasteiger partial charge in [-0.3, -0.25) is 4.79 Å². The van der Waals surface area contributed by atoms with Gasteiger partial charge in [0.2, 0.25) is 5.91 Å². The predicted octanol–water partition coefficient (Wildman–Crippen LogP) is 1.60. The van der Waals surface area contributed by atoms with Gasteiger partial charge in [-0.1, -0.05) is 31.2 Å².